The summed E-state index contributed by atoms with van der Waals surface area (Å²) in [4.78, 5) is 22.9. The van der Waals surface area contributed by atoms with E-state index in [9.17, 15) is 14.7 Å². The number of nitrogens with one attached hydrogen (secondary N) is 1. The lowest BCUT2D eigenvalue weighted by Gasteiger charge is -2.12. The molecule has 0 aromatic heterocycles. The normalized spacial score (nSPS) is 11.6. The van der Waals surface area contributed by atoms with E-state index in [1.54, 1.807) is 0 Å². The number of amides is 1. The van der Waals surface area contributed by atoms with Gasteiger partial charge in [0, 0.05) is 6.42 Å². The Bertz CT molecular complexity index is 463. The van der Waals surface area contributed by atoms with Crippen molar-refractivity contribution in [2.75, 3.05) is 6.61 Å². The maximum Gasteiger partial charge on any atom is 0.409 e. The third-order valence-electron chi connectivity index (χ3n) is 3.12. The molecule has 0 spiro atoms. The Kier molecular flexibility index (Phi) is 9.47. The lowest BCUT2D eigenvalue weighted by molar-refractivity contribution is -0.145. The number of ether oxygens (including phenoxy) is 2. The van der Waals surface area contributed by atoms with Crippen LogP contribution in [0.15, 0.2) is 30.3 Å². The van der Waals surface area contributed by atoms with Crippen molar-refractivity contribution < 1.29 is 24.2 Å². The average Bonchev–Trinajstić information content (AvgIpc) is 2.54. The first-order valence-corrected chi connectivity index (χ1v) is 7.92. The van der Waals surface area contributed by atoms with E-state index < -0.39 is 12.3 Å². The van der Waals surface area contributed by atoms with Crippen LogP contribution in [0.2, 0.25) is 0 Å². The largest absolute Gasteiger partial charge is 0.461 e. The van der Waals surface area contributed by atoms with Gasteiger partial charge in [-0.15, -0.1) is 0 Å². The second kappa shape index (κ2) is 11.5. The number of unbranched alkanes of at least 4 members (excludes halogenated alkanes) is 1. The highest BCUT2D eigenvalue weighted by molar-refractivity contribution is 5.69. The lowest BCUT2D eigenvalue weighted by Crippen LogP contribution is -2.35. The van der Waals surface area contributed by atoms with Gasteiger partial charge in [0.2, 0.25) is 0 Å². The zero-order valence-electron chi connectivity index (χ0n) is 13.5. The summed E-state index contributed by atoms with van der Waals surface area (Å²) in [5.41, 5.74) is 0.928. The Labute approximate surface area is 136 Å². The van der Waals surface area contributed by atoms with Crippen LogP contribution in [0, 0.1) is 0 Å². The van der Waals surface area contributed by atoms with E-state index in [-0.39, 0.29) is 25.4 Å². The van der Waals surface area contributed by atoms with Crippen LogP contribution in [0.25, 0.3) is 0 Å². The fourth-order valence-corrected chi connectivity index (χ4v) is 1.81. The summed E-state index contributed by atoms with van der Waals surface area (Å²) < 4.78 is 9.99. The quantitative estimate of drug-likeness (QED) is 0.393. The van der Waals surface area contributed by atoms with Gasteiger partial charge in [0.15, 0.2) is 0 Å². The van der Waals surface area contributed by atoms with Gasteiger partial charge in [-0.05, 0) is 24.8 Å². The fourth-order valence-electron chi connectivity index (χ4n) is 1.81. The molecule has 0 saturated heterocycles. The summed E-state index contributed by atoms with van der Waals surface area (Å²) in [6, 6.07) is 9.42. The lowest BCUT2D eigenvalue weighted by atomic mass is 10.2. The Morgan fingerprint density at radius 3 is 2.61 bits per heavy atom. The zero-order chi connectivity index (χ0) is 16.9. The van der Waals surface area contributed by atoms with Crippen LogP contribution in [0.5, 0.6) is 0 Å². The molecule has 1 aromatic rings. The third kappa shape index (κ3) is 9.52. The molecule has 1 unspecified atom stereocenters. The summed E-state index contributed by atoms with van der Waals surface area (Å²) in [6.07, 6.45) is 0.935. The first-order valence-electron chi connectivity index (χ1n) is 7.92. The highest BCUT2D eigenvalue weighted by Gasteiger charge is 2.11. The van der Waals surface area contributed by atoms with E-state index in [2.05, 4.69) is 5.32 Å². The van der Waals surface area contributed by atoms with E-state index in [1.165, 1.54) is 0 Å². The van der Waals surface area contributed by atoms with Crippen LogP contribution in [-0.4, -0.2) is 30.0 Å². The van der Waals surface area contributed by atoms with Crippen molar-refractivity contribution in [3.63, 3.8) is 0 Å². The number of esters is 1. The molecule has 1 rings (SSSR count). The smallest absolute Gasteiger partial charge is 0.409 e. The maximum absolute atomic E-state index is 11.6. The van der Waals surface area contributed by atoms with E-state index in [1.807, 2.05) is 37.3 Å². The molecular formula is C17H25NO5. The Morgan fingerprint density at radius 2 is 1.91 bits per heavy atom. The molecule has 6 heteroatoms. The van der Waals surface area contributed by atoms with Gasteiger partial charge in [-0.3, -0.25) is 10.1 Å². The van der Waals surface area contributed by atoms with Gasteiger partial charge in [0.05, 0.1) is 6.61 Å². The second-order valence-electron chi connectivity index (χ2n) is 5.19. The summed E-state index contributed by atoms with van der Waals surface area (Å²) >= 11 is 0. The van der Waals surface area contributed by atoms with Crippen molar-refractivity contribution in [1.29, 1.82) is 0 Å². The third-order valence-corrected chi connectivity index (χ3v) is 3.12. The van der Waals surface area contributed by atoms with Gasteiger partial charge < -0.3 is 14.6 Å². The van der Waals surface area contributed by atoms with Crippen LogP contribution < -0.4 is 5.32 Å². The van der Waals surface area contributed by atoms with Crippen molar-refractivity contribution in [3.8, 4) is 0 Å². The van der Waals surface area contributed by atoms with Crippen LogP contribution >= 0.6 is 0 Å². The van der Waals surface area contributed by atoms with Crippen molar-refractivity contribution in [2.45, 2.75) is 51.9 Å². The molecule has 128 valence electrons. The van der Waals surface area contributed by atoms with Gasteiger partial charge in [0.25, 0.3) is 0 Å². The van der Waals surface area contributed by atoms with Crippen molar-refractivity contribution in [1.82, 2.24) is 5.32 Å². The van der Waals surface area contributed by atoms with Gasteiger partial charge in [0.1, 0.15) is 12.8 Å². The summed E-state index contributed by atoms with van der Waals surface area (Å²) in [7, 11) is 0. The molecule has 0 aliphatic heterocycles. The summed E-state index contributed by atoms with van der Waals surface area (Å²) in [6.45, 7) is 2.57. The molecule has 0 saturated carbocycles. The van der Waals surface area contributed by atoms with Crippen molar-refractivity contribution >= 4 is 12.1 Å². The van der Waals surface area contributed by atoms with Gasteiger partial charge in [-0.25, -0.2) is 4.79 Å². The van der Waals surface area contributed by atoms with Gasteiger partial charge >= 0.3 is 12.1 Å². The molecule has 0 bridgehead atoms. The number of alkyl carbamates (subject to hydrolysis) is 1. The number of rotatable bonds is 10. The van der Waals surface area contributed by atoms with E-state index >= 15 is 0 Å². The van der Waals surface area contributed by atoms with Gasteiger partial charge in [-0.2, -0.15) is 0 Å². The topological polar surface area (TPSA) is 84.9 Å². The maximum atomic E-state index is 11.6. The predicted octanol–water partition coefficient (Wildman–Crippen LogP) is 2.74. The molecule has 23 heavy (non-hydrogen) atoms. The van der Waals surface area contributed by atoms with Crippen LogP contribution in [-0.2, 0) is 20.9 Å². The number of carbonyl (C=O) groups is 2. The molecular weight excluding hydrogens is 298 g/mol. The molecule has 0 heterocycles. The number of hydrogen-bond donors (Lipinski definition) is 2. The molecule has 0 aliphatic carbocycles. The minimum Gasteiger partial charge on any atom is -0.461 e. The number of hydrogen-bond acceptors (Lipinski definition) is 5. The number of aliphatic hydroxyl groups excluding tert-OH is 1. The standard InChI is InChI=1S/C17H25NO5/c1-2-3-12-22-17(21)18-15(19)10-7-11-16(20)23-13-14-8-5-4-6-9-14/h4-6,8-9,15,19H,2-3,7,10-13H2,1H3,(H,18,21). The Hall–Kier alpha value is -2.08. The first-order chi connectivity index (χ1) is 11.1. The summed E-state index contributed by atoms with van der Waals surface area (Å²) in [5.74, 6) is -0.327. The summed E-state index contributed by atoms with van der Waals surface area (Å²) in [5, 5.41) is 11.9. The minimum absolute atomic E-state index is 0.191. The van der Waals surface area contributed by atoms with E-state index in [0.717, 1.165) is 18.4 Å². The fraction of sp³-hybridized carbons (Fsp3) is 0.529. The van der Waals surface area contributed by atoms with Crippen molar-refractivity contribution in [3.05, 3.63) is 35.9 Å². The molecule has 0 aliphatic rings. The first kappa shape index (κ1) is 19.0. The number of carbonyl (C=O) groups excluding carboxylic acids is 2. The molecule has 0 radical (unpaired) electrons. The monoisotopic (exact) mass is 323 g/mol. The highest BCUT2D eigenvalue weighted by atomic mass is 16.6. The van der Waals surface area contributed by atoms with E-state index in [4.69, 9.17) is 9.47 Å². The predicted molar refractivity (Wildman–Crippen MR) is 85.5 cm³/mol. The molecule has 6 nitrogen and oxygen atoms in total. The molecule has 1 aromatic carbocycles. The van der Waals surface area contributed by atoms with Crippen LogP contribution in [0.3, 0.4) is 0 Å². The second-order valence-corrected chi connectivity index (χ2v) is 5.19. The SMILES string of the molecule is CCCCOC(=O)NC(O)CCCC(=O)OCc1ccccc1. The van der Waals surface area contributed by atoms with Gasteiger partial charge in [-0.1, -0.05) is 43.7 Å². The molecule has 1 amide bonds. The Balaban J connectivity index is 2.08. The average molecular weight is 323 g/mol. The number of benzene rings is 1. The number of aliphatic hydroxyl groups is 1. The minimum atomic E-state index is -1.02. The highest BCUT2D eigenvalue weighted by Crippen LogP contribution is 2.05. The van der Waals surface area contributed by atoms with E-state index in [0.29, 0.717) is 13.0 Å². The van der Waals surface area contributed by atoms with Crippen LogP contribution in [0.1, 0.15) is 44.6 Å². The molecule has 0 fully saturated rings. The molecule has 1 atom stereocenters. The van der Waals surface area contributed by atoms with Crippen LogP contribution in [0.4, 0.5) is 4.79 Å². The molecule has 2 N–H and O–H groups in total. The van der Waals surface area contributed by atoms with Crippen molar-refractivity contribution in [2.24, 2.45) is 0 Å². The zero-order valence-corrected chi connectivity index (χ0v) is 13.5. The Morgan fingerprint density at radius 1 is 1.17 bits per heavy atom.